The molecule has 2 heterocycles. The van der Waals surface area contributed by atoms with Crippen LogP contribution >= 0.6 is 35.9 Å². The minimum Gasteiger partial charge on any atom is -0.484 e. The van der Waals surface area contributed by atoms with Crippen LogP contribution in [-0.4, -0.2) is 55.6 Å². The molecular weight excluding hydrogens is 400 g/mol. The number of ether oxygens (including phenoxy) is 1. The van der Waals surface area contributed by atoms with E-state index in [0.29, 0.717) is 4.58 Å². The number of hydrogen-bond donors (Lipinski definition) is 1. The van der Waals surface area contributed by atoms with E-state index in [0.717, 1.165) is 44.1 Å². The van der Waals surface area contributed by atoms with E-state index in [1.807, 2.05) is 47.6 Å². The monoisotopic (exact) mass is 430 g/mol. The van der Waals surface area contributed by atoms with Crippen molar-refractivity contribution < 1.29 is 9.53 Å². The van der Waals surface area contributed by atoms with Gasteiger partial charge in [0.05, 0.1) is 4.58 Å². The second-order valence-electron chi connectivity index (χ2n) is 7.00. The highest BCUT2D eigenvalue weighted by molar-refractivity contribution is 8.16. The Morgan fingerprint density at radius 1 is 1.19 bits per heavy atom. The lowest BCUT2D eigenvalue weighted by atomic mass is 9.93. The third-order valence-corrected chi connectivity index (χ3v) is 8.13. The maximum atomic E-state index is 12.4. The molecule has 2 fully saturated rings. The fourth-order valence-electron chi connectivity index (χ4n) is 3.46. The second kappa shape index (κ2) is 12.1. The van der Waals surface area contributed by atoms with E-state index >= 15 is 0 Å². The molecule has 2 aliphatic heterocycles. The fourth-order valence-corrected chi connectivity index (χ4v) is 6.35. The zero-order chi connectivity index (χ0) is 18.2. The van der Waals surface area contributed by atoms with Crippen molar-refractivity contribution in [2.75, 3.05) is 44.8 Å². The van der Waals surface area contributed by atoms with Crippen molar-refractivity contribution in [1.29, 1.82) is 0 Å². The Kier molecular flexibility index (Phi) is 10.2. The first-order valence-electron chi connectivity index (χ1n) is 9.64. The number of benzene rings is 1. The fraction of sp³-hybridized carbons (Fsp3) is 0.650. The molecule has 0 radical (unpaired) electrons. The summed E-state index contributed by atoms with van der Waals surface area (Å²) in [6.07, 6.45) is 4.73. The summed E-state index contributed by atoms with van der Waals surface area (Å²) in [6.45, 7) is 2.94. The van der Waals surface area contributed by atoms with Crippen LogP contribution in [0.15, 0.2) is 24.3 Å². The molecule has 27 heavy (non-hydrogen) atoms. The predicted molar refractivity (Wildman–Crippen MR) is 119 cm³/mol. The largest absolute Gasteiger partial charge is 0.484 e. The Morgan fingerprint density at radius 2 is 1.85 bits per heavy atom. The molecular formula is C20H31ClN2O2S2. The van der Waals surface area contributed by atoms with Gasteiger partial charge in [0.2, 0.25) is 0 Å². The van der Waals surface area contributed by atoms with E-state index in [9.17, 15) is 4.79 Å². The van der Waals surface area contributed by atoms with Crippen molar-refractivity contribution in [1.82, 2.24) is 10.2 Å². The minimum absolute atomic E-state index is 0. The number of likely N-dealkylation sites (tertiary alicyclic amines) is 1. The SMILES string of the molecule is CNCCC1CCN(C(=O)COc2ccc(C3SCCCS3)cc2)CC1.Cl. The number of thioether (sulfide) groups is 2. The average molecular weight is 431 g/mol. The van der Waals surface area contributed by atoms with Crippen molar-refractivity contribution in [2.45, 2.75) is 30.3 Å². The number of carbonyl (C=O) groups excluding carboxylic acids is 1. The first kappa shape index (κ1) is 22.7. The summed E-state index contributed by atoms with van der Waals surface area (Å²) in [4.78, 5) is 14.3. The smallest absolute Gasteiger partial charge is 0.260 e. The molecule has 2 aliphatic rings. The Balaban J connectivity index is 0.00000261. The molecule has 2 saturated heterocycles. The molecule has 0 unspecified atom stereocenters. The lowest BCUT2D eigenvalue weighted by Crippen LogP contribution is -2.41. The van der Waals surface area contributed by atoms with Crippen molar-refractivity contribution in [3.63, 3.8) is 0 Å². The summed E-state index contributed by atoms with van der Waals surface area (Å²) in [6, 6.07) is 8.29. The summed E-state index contributed by atoms with van der Waals surface area (Å²) in [5.74, 6) is 4.14. The molecule has 0 aliphatic carbocycles. The van der Waals surface area contributed by atoms with Crippen LogP contribution in [0.5, 0.6) is 5.75 Å². The number of nitrogens with zero attached hydrogens (tertiary/aromatic N) is 1. The van der Waals surface area contributed by atoms with Crippen molar-refractivity contribution >= 4 is 41.8 Å². The van der Waals surface area contributed by atoms with Gasteiger partial charge in [0.15, 0.2) is 6.61 Å². The Labute approximate surface area is 178 Å². The summed E-state index contributed by atoms with van der Waals surface area (Å²) in [5.41, 5.74) is 1.35. The van der Waals surface area contributed by atoms with Gasteiger partial charge in [0.1, 0.15) is 5.75 Å². The molecule has 0 aromatic heterocycles. The van der Waals surface area contributed by atoms with E-state index in [1.165, 1.54) is 29.9 Å². The summed E-state index contributed by atoms with van der Waals surface area (Å²) >= 11 is 4.04. The van der Waals surface area contributed by atoms with Gasteiger partial charge in [-0.1, -0.05) is 12.1 Å². The van der Waals surface area contributed by atoms with E-state index in [2.05, 4.69) is 17.4 Å². The minimum atomic E-state index is 0. The first-order chi connectivity index (χ1) is 12.8. The average Bonchev–Trinajstić information content (AvgIpc) is 2.72. The van der Waals surface area contributed by atoms with Gasteiger partial charge in [-0.25, -0.2) is 0 Å². The number of hydrogen-bond acceptors (Lipinski definition) is 5. The highest BCUT2D eigenvalue weighted by Crippen LogP contribution is 2.43. The summed E-state index contributed by atoms with van der Waals surface area (Å²) < 4.78 is 6.29. The molecule has 1 aromatic rings. The number of piperidine rings is 1. The van der Waals surface area contributed by atoms with Crippen LogP contribution in [0.3, 0.4) is 0 Å². The third kappa shape index (κ3) is 7.08. The van der Waals surface area contributed by atoms with Gasteiger partial charge in [-0.05, 0) is 74.4 Å². The van der Waals surface area contributed by atoms with Crippen LogP contribution in [0, 0.1) is 5.92 Å². The standard InChI is InChI=1S/C20H30N2O2S2.ClH/c1-21-10-7-16-8-11-22(12-9-16)19(23)15-24-18-5-3-17(4-6-18)20-25-13-2-14-26-20;/h3-6,16,20-21H,2,7-15H2,1H3;1H. The molecule has 152 valence electrons. The topological polar surface area (TPSA) is 41.6 Å². The number of carbonyl (C=O) groups is 1. The molecule has 0 spiro atoms. The molecule has 1 amide bonds. The van der Waals surface area contributed by atoms with E-state index in [4.69, 9.17) is 4.74 Å². The quantitative estimate of drug-likeness (QED) is 0.701. The molecule has 7 heteroatoms. The molecule has 1 N–H and O–H groups in total. The van der Waals surface area contributed by atoms with E-state index in [1.54, 1.807) is 0 Å². The van der Waals surface area contributed by atoms with Crippen LogP contribution in [0.2, 0.25) is 0 Å². The molecule has 4 nitrogen and oxygen atoms in total. The van der Waals surface area contributed by atoms with Gasteiger partial charge in [-0.15, -0.1) is 35.9 Å². The molecule has 1 aromatic carbocycles. The van der Waals surface area contributed by atoms with E-state index in [-0.39, 0.29) is 24.9 Å². The zero-order valence-electron chi connectivity index (χ0n) is 16.0. The van der Waals surface area contributed by atoms with Gasteiger partial charge < -0.3 is 15.0 Å². The van der Waals surface area contributed by atoms with Crippen LogP contribution in [0.4, 0.5) is 0 Å². The van der Waals surface area contributed by atoms with Crippen LogP contribution < -0.4 is 10.1 Å². The second-order valence-corrected chi connectivity index (χ2v) is 9.73. The van der Waals surface area contributed by atoms with Crippen LogP contribution in [0.25, 0.3) is 0 Å². The summed E-state index contributed by atoms with van der Waals surface area (Å²) in [5, 5.41) is 3.21. The number of nitrogens with one attached hydrogen (secondary N) is 1. The molecule has 0 atom stereocenters. The maximum Gasteiger partial charge on any atom is 0.260 e. The normalized spacial score (nSPS) is 18.8. The molecule has 3 rings (SSSR count). The van der Waals surface area contributed by atoms with Crippen LogP contribution in [0.1, 0.15) is 35.8 Å². The van der Waals surface area contributed by atoms with Gasteiger partial charge >= 0.3 is 0 Å². The first-order valence-corrected chi connectivity index (χ1v) is 11.7. The number of rotatable bonds is 7. The lowest BCUT2D eigenvalue weighted by molar-refractivity contribution is -0.134. The highest BCUT2D eigenvalue weighted by Gasteiger charge is 2.22. The van der Waals surface area contributed by atoms with Crippen LogP contribution in [-0.2, 0) is 4.79 Å². The van der Waals surface area contributed by atoms with Gasteiger partial charge in [-0.2, -0.15) is 0 Å². The van der Waals surface area contributed by atoms with Crippen molar-refractivity contribution in [3.05, 3.63) is 29.8 Å². The van der Waals surface area contributed by atoms with Crippen molar-refractivity contribution in [2.24, 2.45) is 5.92 Å². The van der Waals surface area contributed by atoms with E-state index < -0.39 is 0 Å². The third-order valence-electron chi connectivity index (χ3n) is 5.11. The predicted octanol–water partition coefficient (Wildman–Crippen LogP) is 4.20. The number of halogens is 1. The Hall–Kier alpha value is -0.560. The number of amides is 1. The van der Waals surface area contributed by atoms with Crippen molar-refractivity contribution in [3.8, 4) is 5.75 Å². The highest BCUT2D eigenvalue weighted by atomic mass is 35.5. The zero-order valence-corrected chi connectivity index (χ0v) is 18.5. The molecule has 0 saturated carbocycles. The molecule has 0 bridgehead atoms. The lowest BCUT2D eigenvalue weighted by Gasteiger charge is -2.32. The Bertz CT molecular complexity index is 560. The Morgan fingerprint density at radius 3 is 2.48 bits per heavy atom. The summed E-state index contributed by atoms with van der Waals surface area (Å²) in [7, 11) is 2.00. The van der Waals surface area contributed by atoms with Gasteiger partial charge in [0, 0.05) is 13.1 Å². The van der Waals surface area contributed by atoms with Gasteiger partial charge in [-0.3, -0.25) is 4.79 Å². The maximum absolute atomic E-state index is 12.4. The van der Waals surface area contributed by atoms with Gasteiger partial charge in [0.25, 0.3) is 5.91 Å².